The monoisotopic (exact) mass is 377 g/mol. The Hall–Kier alpha value is -1.40. The van der Waals surface area contributed by atoms with Gasteiger partial charge in [0.05, 0.1) is 6.04 Å². The normalized spacial score (nSPS) is 21.9. The van der Waals surface area contributed by atoms with Crippen LogP contribution >= 0.6 is 11.3 Å². The van der Waals surface area contributed by atoms with Gasteiger partial charge in [-0.15, -0.1) is 11.3 Å². The van der Waals surface area contributed by atoms with E-state index >= 15 is 0 Å². The SMILES string of the molecule is CCCC(=O)NCC1CCCN(C(C)C(=O)N2CCc3sccc3C2)C1. The van der Waals surface area contributed by atoms with Crippen LogP contribution in [0.15, 0.2) is 11.4 Å². The second-order valence-electron chi connectivity index (χ2n) is 7.61. The number of carbonyl (C=O) groups is 2. The van der Waals surface area contributed by atoms with Crippen molar-refractivity contribution in [3.8, 4) is 0 Å². The molecule has 2 aliphatic rings. The van der Waals surface area contributed by atoms with Crippen molar-refractivity contribution in [2.45, 2.75) is 58.5 Å². The van der Waals surface area contributed by atoms with Crippen LogP contribution in [0.1, 0.15) is 50.0 Å². The number of piperidine rings is 1. The van der Waals surface area contributed by atoms with Gasteiger partial charge in [-0.25, -0.2) is 0 Å². The molecule has 3 rings (SSSR count). The summed E-state index contributed by atoms with van der Waals surface area (Å²) in [5.74, 6) is 0.843. The summed E-state index contributed by atoms with van der Waals surface area (Å²) in [5.41, 5.74) is 1.32. The highest BCUT2D eigenvalue weighted by atomic mass is 32.1. The van der Waals surface area contributed by atoms with Gasteiger partial charge in [-0.3, -0.25) is 14.5 Å². The van der Waals surface area contributed by atoms with E-state index in [0.717, 1.165) is 58.4 Å². The van der Waals surface area contributed by atoms with E-state index in [1.807, 2.05) is 18.7 Å². The van der Waals surface area contributed by atoms with Gasteiger partial charge in [-0.2, -0.15) is 0 Å². The van der Waals surface area contributed by atoms with E-state index in [9.17, 15) is 9.59 Å². The Morgan fingerprint density at radius 1 is 1.38 bits per heavy atom. The fourth-order valence-electron chi connectivity index (χ4n) is 4.05. The van der Waals surface area contributed by atoms with Crippen LogP contribution in [0.4, 0.5) is 0 Å². The van der Waals surface area contributed by atoms with E-state index in [1.165, 1.54) is 10.4 Å². The van der Waals surface area contributed by atoms with Crippen molar-refractivity contribution in [2.75, 3.05) is 26.2 Å². The number of nitrogens with one attached hydrogen (secondary N) is 1. The van der Waals surface area contributed by atoms with Crippen LogP contribution in [0.5, 0.6) is 0 Å². The van der Waals surface area contributed by atoms with E-state index in [2.05, 4.69) is 21.7 Å². The number of carbonyl (C=O) groups excluding carboxylic acids is 2. The van der Waals surface area contributed by atoms with E-state index in [0.29, 0.717) is 12.3 Å². The van der Waals surface area contributed by atoms with Gasteiger partial charge in [0, 0.05) is 37.5 Å². The van der Waals surface area contributed by atoms with Gasteiger partial charge in [-0.1, -0.05) is 6.92 Å². The fraction of sp³-hybridized carbons (Fsp3) is 0.700. The minimum Gasteiger partial charge on any atom is -0.356 e. The van der Waals surface area contributed by atoms with E-state index in [4.69, 9.17) is 0 Å². The maximum Gasteiger partial charge on any atom is 0.239 e. The van der Waals surface area contributed by atoms with Gasteiger partial charge in [0.2, 0.25) is 11.8 Å². The molecule has 1 fully saturated rings. The Morgan fingerprint density at radius 3 is 3.04 bits per heavy atom. The number of amides is 2. The van der Waals surface area contributed by atoms with Crippen molar-refractivity contribution in [2.24, 2.45) is 5.92 Å². The third kappa shape index (κ3) is 4.65. The van der Waals surface area contributed by atoms with Crippen LogP contribution in [-0.4, -0.2) is 53.8 Å². The maximum absolute atomic E-state index is 13.0. The zero-order valence-corrected chi connectivity index (χ0v) is 16.8. The molecule has 1 saturated heterocycles. The fourth-order valence-corrected chi connectivity index (χ4v) is 4.94. The van der Waals surface area contributed by atoms with Crippen molar-refractivity contribution in [1.29, 1.82) is 0 Å². The molecule has 6 heteroatoms. The summed E-state index contributed by atoms with van der Waals surface area (Å²) in [6, 6.07) is 2.07. The van der Waals surface area contributed by atoms with Crippen LogP contribution < -0.4 is 5.32 Å². The highest BCUT2D eigenvalue weighted by Crippen LogP contribution is 2.25. The summed E-state index contributed by atoms with van der Waals surface area (Å²) in [6.07, 6.45) is 4.70. The topological polar surface area (TPSA) is 52.7 Å². The molecule has 3 heterocycles. The molecule has 0 bridgehead atoms. The predicted molar refractivity (Wildman–Crippen MR) is 105 cm³/mol. The van der Waals surface area contributed by atoms with Gasteiger partial charge in [0.15, 0.2) is 0 Å². The molecule has 1 aromatic heterocycles. The number of nitrogens with zero attached hydrogens (tertiary/aromatic N) is 2. The van der Waals surface area contributed by atoms with Crippen molar-refractivity contribution in [3.05, 3.63) is 21.9 Å². The Morgan fingerprint density at radius 2 is 2.23 bits per heavy atom. The van der Waals surface area contributed by atoms with Gasteiger partial charge >= 0.3 is 0 Å². The summed E-state index contributed by atoms with van der Waals surface area (Å²) >= 11 is 1.80. The van der Waals surface area contributed by atoms with Gasteiger partial charge in [-0.05, 0) is 62.1 Å². The zero-order valence-electron chi connectivity index (χ0n) is 16.0. The third-order valence-electron chi connectivity index (χ3n) is 5.64. The molecule has 1 aromatic rings. The van der Waals surface area contributed by atoms with Gasteiger partial charge in [0.25, 0.3) is 0 Å². The average Bonchev–Trinajstić information content (AvgIpc) is 3.13. The van der Waals surface area contributed by atoms with Crippen LogP contribution in [0, 0.1) is 5.92 Å². The molecule has 5 nitrogen and oxygen atoms in total. The molecule has 2 unspecified atom stereocenters. The largest absolute Gasteiger partial charge is 0.356 e. The van der Waals surface area contributed by atoms with Crippen molar-refractivity contribution in [1.82, 2.24) is 15.1 Å². The first-order valence-electron chi connectivity index (χ1n) is 9.93. The Balaban J connectivity index is 1.51. The third-order valence-corrected chi connectivity index (χ3v) is 6.66. The van der Waals surface area contributed by atoms with Gasteiger partial charge in [0.1, 0.15) is 0 Å². The summed E-state index contributed by atoms with van der Waals surface area (Å²) in [7, 11) is 0. The molecular formula is C20H31N3O2S. The first kappa shape index (κ1) is 19.4. The second-order valence-corrected chi connectivity index (χ2v) is 8.61. The molecule has 2 amide bonds. The summed E-state index contributed by atoms with van der Waals surface area (Å²) in [4.78, 5) is 30.5. The lowest BCUT2D eigenvalue weighted by Crippen LogP contribution is -2.52. The lowest BCUT2D eigenvalue weighted by atomic mass is 9.96. The lowest BCUT2D eigenvalue weighted by Gasteiger charge is -2.39. The Labute approximate surface area is 160 Å². The molecular weight excluding hydrogens is 346 g/mol. The first-order chi connectivity index (χ1) is 12.6. The minimum absolute atomic E-state index is 0.0793. The van der Waals surface area contributed by atoms with Crippen LogP contribution in [0.25, 0.3) is 0 Å². The second kappa shape index (κ2) is 9.00. The predicted octanol–water partition coefficient (Wildman–Crippen LogP) is 2.65. The van der Waals surface area contributed by atoms with E-state index < -0.39 is 0 Å². The first-order valence-corrected chi connectivity index (χ1v) is 10.8. The highest BCUT2D eigenvalue weighted by molar-refractivity contribution is 7.10. The standard InChI is InChI=1S/C20H31N3O2S/c1-3-5-19(24)21-12-16-6-4-9-22(13-16)15(2)20(25)23-10-7-18-17(14-23)8-11-26-18/h8,11,15-16H,3-7,9-10,12-14H2,1-2H3,(H,21,24). The van der Waals surface area contributed by atoms with Crippen LogP contribution in [0.3, 0.4) is 0 Å². The molecule has 0 aromatic carbocycles. The number of hydrogen-bond donors (Lipinski definition) is 1. The number of likely N-dealkylation sites (tertiary alicyclic amines) is 1. The molecule has 2 atom stereocenters. The molecule has 0 saturated carbocycles. The molecule has 0 spiro atoms. The molecule has 0 radical (unpaired) electrons. The molecule has 0 aliphatic carbocycles. The summed E-state index contributed by atoms with van der Waals surface area (Å²) < 4.78 is 0. The number of hydrogen-bond acceptors (Lipinski definition) is 4. The number of thiophene rings is 1. The average molecular weight is 378 g/mol. The highest BCUT2D eigenvalue weighted by Gasteiger charge is 2.31. The minimum atomic E-state index is -0.0793. The smallest absolute Gasteiger partial charge is 0.239 e. The van der Waals surface area contributed by atoms with E-state index in [1.54, 1.807) is 11.3 Å². The molecule has 26 heavy (non-hydrogen) atoms. The molecule has 2 aliphatic heterocycles. The summed E-state index contributed by atoms with van der Waals surface area (Å²) in [5, 5.41) is 5.18. The molecule has 144 valence electrons. The van der Waals surface area contributed by atoms with Crippen molar-refractivity contribution < 1.29 is 9.59 Å². The zero-order chi connectivity index (χ0) is 18.5. The van der Waals surface area contributed by atoms with Gasteiger partial charge < -0.3 is 10.2 Å². The summed E-state index contributed by atoms with van der Waals surface area (Å²) in [6.45, 7) is 8.27. The van der Waals surface area contributed by atoms with Crippen molar-refractivity contribution >= 4 is 23.2 Å². The van der Waals surface area contributed by atoms with E-state index in [-0.39, 0.29) is 17.9 Å². The number of fused-ring (bicyclic) bond motifs is 1. The Kier molecular flexibility index (Phi) is 6.70. The Bertz CT molecular complexity index is 630. The van der Waals surface area contributed by atoms with Crippen LogP contribution in [0.2, 0.25) is 0 Å². The van der Waals surface area contributed by atoms with Crippen molar-refractivity contribution in [3.63, 3.8) is 0 Å². The number of rotatable bonds is 6. The molecule has 1 N–H and O–H groups in total. The maximum atomic E-state index is 13.0. The quantitative estimate of drug-likeness (QED) is 0.829. The lowest BCUT2D eigenvalue weighted by molar-refractivity contribution is -0.138. The van der Waals surface area contributed by atoms with Crippen LogP contribution in [-0.2, 0) is 22.6 Å².